The molecule has 0 N–H and O–H groups in total. The van der Waals surface area contributed by atoms with Gasteiger partial charge in [-0.3, -0.25) is 4.99 Å². The standard InChI is InChI=1S/C18H30N4/c1-7-18(19-4)21(6)12-9-16(2)15-17(3)22-11-8-10-20(5)13-14-22/h7,9,12,15H,1,3,8,10-11,13-14H2,2,4-6H3/b12-9+,16-15-,19-18?. The molecule has 4 heteroatoms. The van der Waals surface area contributed by atoms with Crippen molar-refractivity contribution in [2.24, 2.45) is 4.99 Å². The molecule has 1 rings (SSSR count). The van der Waals surface area contributed by atoms with Gasteiger partial charge in [-0.05, 0) is 50.7 Å². The van der Waals surface area contributed by atoms with Crippen molar-refractivity contribution in [3.05, 3.63) is 48.9 Å². The lowest BCUT2D eigenvalue weighted by Crippen LogP contribution is -2.27. The van der Waals surface area contributed by atoms with Crippen molar-refractivity contribution in [3.8, 4) is 0 Å². The van der Waals surface area contributed by atoms with Gasteiger partial charge in [0.05, 0.1) is 0 Å². The van der Waals surface area contributed by atoms with Gasteiger partial charge in [0.15, 0.2) is 0 Å². The van der Waals surface area contributed by atoms with Crippen molar-refractivity contribution in [2.75, 3.05) is 47.3 Å². The van der Waals surface area contributed by atoms with Gasteiger partial charge in [0.1, 0.15) is 5.84 Å². The summed E-state index contributed by atoms with van der Waals surface area (Å²) in [5.41, 5.74) is 2.27. The van der Waals surface area contributed by atoms with Crippen LogP contribution in [-0.2, 0) is 0 Å². The fraction of sp³-hybridized carbons (Fsp3) is 0.500. The average molecular weight is 302 g/mol. The first-order valence-electron chi connectivity index (χ1n) is 7.79. The van der Waals surface area contributed by atoms with Crippen molar-refractivity contribution in [2.45, 2.75) is 13.3 Å². The number of aliphatic imine (C=N–C) groups is 1. The zero-order valence-corrected chi connectivity index (χ0v) is 14.5. The number of rotatable bonds is 5. The van der Waals surface area contributed by atoms with Crippen molar-refractivity contribution in [1.29, 1.82) is 0 Å². The Morgan fingerprint density at radius 2 is 1.95 bits per heavy atom. The Kier molecular flexibility index (Phi) is 7.67. The highest BCUT2D eigenvalue weighted by Crippen LogP contribution is 2.11. The molecule has 0 radical (unpaired) electrons. The highest BCUT2D eigenvalue weighted by molar-refractivity contribution is 5.92. The lowest BCUT2D eigenvalue weighted by atomic mass is 10.2. The van der Waals surface area contributed by atoms with Crippen molar-refractivity contribution < 1.29 is 0 Å². The Balaban J connectivity index is 2.63. The molecule has 0 aromatic heterocycles. The number of likely N-dealkylation sites (N-methyl/N-ethyl adjacent to an activating group) is 2. The van der Waals surface area contributed by atoms with Crippen LogP contribution in [-0.4, -0.2) is 67.9 Å². The van der Waals surface area contributed by atoms with Crippen LogP contribution in [0.1, 0.15) is 13.3 Å². The monoisotopic (exact) mass is 302 g/mol. The molecule has 1 heterocycles. The molecule has 0 saturated carbocycles. The molecule has 22 heavy (non-hydrogen) atoms. The summed E-state index contributed by atoms with van der Waals surface area (Å²) < 4.78 is 0. The highest BCUT2D eigenvalue weighted by atomic mass is 15.2. The van der Waals surface area contributed by atoms with Crippen LogP contribution in [0.2, 0.25) is 0 Å². The highest BCUT2D eigenvalue weighted by Gasteiger charge is 2.11. The van der Waals surface area contributed by atoms with Crippen LogP contribution in [0.15, 0.2) is 53.8 Å². The molecular weight excluding hydrogens is 272 g/mol. The third-order valence-electron chi connectivity index (χ3n) is 3.85. The van der Waals surface area contributed by atoms with Gasteiger partial charge < -0.3 is 14.7 Å². The van der Waals surface area contributed by atoms with E-state index >= 15 is 0 Å². The summed E-state index contributed by atoms with van der Waals surface area (Å²) >= 11 is 0. The number of allylic oxidation sites excluding steroid dienone is 3. The third-order valence-corrected chi connectivity index (χ3v) is 3.85. The minimum atomic E-state index is 0.846. The predicted octanol–water partition coefficient (Wildman–Crippen LogP) is 2.74. The lowest BCUT2D eigenvalue weighted by Gasteiger charge is -2.23. The summed E-state index contributed by atoms with van der Waals surface area (Å²) in [4.78, 5) is 10.9. The van der Waals surface area contributed by atoms with Crippen molar-refractivity contribution in [1.82, 2.24) is 14.7 Å². The van der Waals surface area contributed by atoms with Gasteiger partial charge in [0, 0.05) is 45.6 Å². The van der Waals surface area contributed by atoms with Crippen LogP contribution in [0.5, 0.6) is 0 Å². The van der Waals surface area contributed by atoms with Crippen LogP contribution in [0.25, 0.3) is 0 Å². The fourth-order valence-corrected chi connectivity index (χ4v) is 2.43. The normalized spacial score (nSPS) is 18.5. The SMILES string of the molecule is C=CC(=NC)N(C)/C=C/C(C)=C\C(=C)N1CCCN(C)CC1. The van der Waals surface area contributed by atoms with Gasteiger partial charge in [-0.25, -0.2) is 0 Å². The molecule has 4 nitrogen and oxygen atoms in total. The van der Waals surface area contributed by atoms with Gasteiger partial charge >= 0.3 is 0 Å². The minimum Gasteiger partial charge on any atom is -0.371 e. The molecule has 0 amide bonds. The van der Waals surface area contributed by atoms with Crippen LogP contribution in [0, 0.1) is 0 Å². The first-order valence-corrected chi connectivity index (χ1v) is 7.79. The first kappa shape index (κ1) is 18.2. The summed E-state index contributed by atoms with van der Waals surface area (Å²) in [5, 5.41) is 0. The molecule has 0 atom stereocenters. The summed E-state index contributed by atoms with van der Waals surface area (Å²) in [6.07, 6.45) is 9.15. The van der Waals surface area contributed by atoms with Gasteiger partial charge in [0.25, 0.3) is 0 Å². The molecule has 0 aliphatic carbocycles. The third kappa shape index (κ3) is 5.90. The molecule has 122 valence electrons. The van der Waals surface area contributed by atoms with E-state index in [2.05, 4.69) is 54.1 Å². The van der Waals surface area contributed by atoms with Gasteiger partial charge in [-0.1, -0.05) is 13.2 Å². The van der Waals surface area contributed by atoms with Crippen molar-refractivity contribution >= 4 is 5.84 Å². The van der Waals surface area contributed by atoms with E-state index in [-0.39, 0.29) is 0 Å². The number of hydrogen-bond donors (Lipinski definition) is 0. The van der Waals surface area contributed by atoms with Crippen LogP contribution in [0.3, 0.4) is 0 Å². The van der Waals surface area contributed by atoms with E-state index < -0.39 is 0 Å². The summed E-state index contributed by atoms with van der Waals surface area (Å²) in [7, 11) is 5.91. The average Bonchev–Trinajstić information content (AvgIpc) is 2.71. The Morgan fingerprint density at radius 1 is 1.23 bits per heavy atom. The Hall–Kier alpha value is -1.81. The summed E-state index contributed by atoms with van der Waals surface area (Å²) in [6.45, 7) is 14.5. The van der Waals surface area contributed by atoms with Gasteiger partial charge in [-0.15, -0.1) is 0 Å². The van der Waals surface area contributed by atoms with E-state index in [1.165, 1.54) is 12.0 Å². The Bertz CT molecular complexity index is 473. The zero-order chi connectivity index (χ0) is 16.5. The molecular formula is C18H30N4. The molecule has 1 aliphatic heterocycles. The molecule has 1 fully saturated rings. The Morgan fingerprint density at radius 3 is 2.59 bits per heavy atom. The maximum absolute atomic E-state index is 4.22. The smallest absolute Gasteiger partial charge is 0.126 e. The number of nitrogens with zero attached hydrogens (tertiary/aromatic N) is 4. The predicted molar refractivity (Wildman–Crippen MR) is 97.0 cm³/mol. The molecule has 0 unspecified atom stereocenters. The van der Waals surface area contributed by atoms with Crippen LogP contribution < -0.4 is 0 Å². The zero-order valence-electron chi connectivity index (χ0n) is 14.5. The molecule has 1 saturated heterocycles. The molecule has 0 aromatic carbocycles. The molecule has 0 aromatic rings. The van der Waals surface area contributed by atoms with Gasteiger partial charge in [-0.2, -0.15) is 0 Å². The quantitative estimate of drug-likeness (QED) is 0.443. The second kappa shape index (κ2) is 9.26. The summed E-state index contributed by atoms with van der Waals surface area (Å²) in [5.74, 6) is 0.846. The van der Waals surface area contributed by atoms with E-state index in [4.69, 9.17) is 0 Å². The van der Waals surface area contributed by atoms with E-state index in [1.54, 1.807) is 13.1 Å². The largest absolute Gasteiger partial charge is 0.371 e. The second-order valence-electron chi connectivity index (χ2n) is 5.74. The Labute approximate surface area is 135 Å². The first-order chi connectivity index (χ1) is 10.5. The summed E-state index contributed by atoms with van der Waals surface area (Å²) in [6, 6.07) is 0. The maximum atomic E-state index is 4.22. The minimum absolute atomic E-state index is 0.846. The van der Waals surface area contributed by atoms with Crippen LogP contribution >= 0.6 is 0 Å². The fourth-order valence-electron chi connectivity index (χ4n) is 2.43. The van der Waals surface area contributed by atoms with E-state index in [0.717, 1.165) is 37.7 Å². The molecule has 0 bridgehead atoms. The maximum Gasteiger partial charge on any atom is 0.126 e. The van der Waals surface area contributed by atoms with E-state index in [9.17, 15) is 0 Å². The molecule has 1 aliphatic rings. The van der Waals surface area contributed by atoms with E-state index in [1.807, 2.05) is 18.1 Å². The topological polar surface area (TPSA) is 22.1 Å². The number of amidine groups is 1. The lowest BCUT2D eigenvalue weighted by molar-refractivity contribution is 0.330. The van der Waals surface area contributed by atoms with Gasteiger partial charge in [0.2, 0.25) is 0 Å². The number of hydrogen-bond acceptors (Lipinski definition) is 3. The van der Waals surface area contributed by atoms with Crippen molar-refractivity contribution in [3.63, 3.8) is 0 Å². The second-order valence-corrected chi connectivity index (χ2v) is 5.74. The van der Waals surface area contributed by atoms with Crippen LogP contribution in [0.4, 0.5) is 0 Å². The molecule has 0 spiro atoms. The van der Waals surface area contributed by atoms with E-state index in [0.29, 0.717) is 0 Å².